The molecule has 0 aromatic rings. The minimum absolute atomic E-state index is 0.141. The fourth-order valence-corrected chi connectivity index (χ4v) is 1.92. The van der Waals surface area contributed by atoms with Crippen LogP contribution in [0.2, 0.25) is 0 Å². The van der Waals surface area contributed by atoms with Gasteiger partial charge in [-0.3, -0.25) is 4.79 Å². The Balaban J connectivity index is 2.57. The number of carboxylic acid groups (broad SMARTS) is 1. The zero-order chi connectivity index (χ0) is 10.7. The van der Waals surface area contributed by atoms with Gasteiger partial charge in [0.1, 0.15) is 0 Å². The third kappa shape index (κ3) is 2.60. The fourth-order valence-electron chi connectivity index (χ4n) is 1.92. The van der Waals surface area contributed by atoms with Crippen LogP contribution in [0.4, 0.5) is 0 Å². The molecule has 0 unspecified atom stereocenters. The van der Waals surface area contributed by atoms with Crippen LogP contribution in [0.25, 0.3) is 0 Å². The molecule has 1 rings (SSSR count). The Bertz CT molecular complexity index is 241. The van der Waals surface area contributed by atoms with Gasteiger partial charge in [-0.15, -0.1) is 0 Å². The van der Waals surface area contributed by atoms with Crippen molar-refractivity contribution >= 4 is 5.97 Å². The number of hydrogen-bond acceptors (Lipinski definition) is 1. The summed E-state index contributed by atoms with van der Waals surface area (Å²) in [4.78, 5) is 10.7. The van der Waals surface area contributed by atoms with Crippen molar-refractivity contribution in [2.24, 2.45) is 17.8 Å². The van der Waals surface area contributed by atoms with Crippen molar-refractivity contribution < 1.29 is 9.90 Å². The van der Waals surface area contributed by atoms with Gasteiger partial charge in [-0.2, -0.15) is 0 Å². The normalized spacial score (nSPS) is 24.6. The summed E-state index contributed by atoms with van der Waals surface area (Å²) < 4.78 is 0. The number of allylic oxidation sites excluding steroid dienone is 2. The van der Waals surface area contributed by atoms with E-state index >= 15 is 0 Å². The molecule has 2 nitrogen and oxygen atoms in total. The van der Waals surface area contributed by atoms with Gasteiger partial charge in [0.2, 0.25) is 0 Å². The van der Waals surface area contributed by atoms with E-state index < -0.39 is 5.97 Å². The third-order valence-electron chi connectivity index (χ3n) is 3.38. The van der Waals surface area contributed by atoms with Crippen LogP contribution in [0, 0.1) is 17.8 Å². The highest BCUT2D eigenvalue weighted by Gasteiger charge is 2.23. The second-order valence-corrected chi connectivity index (χ2v) is 4.62. The summed E-state index contributed by atoms with van der Waals surface area (Å²) in [7, 11) is 0. The van der Waals surface area contributed by atoms with E-state index in [0.717, 1.165) is 19.3 Å². The van der Waals surface area contributed by atoms with E-state index in [1.54, 1.807) is 0 Å². The molecule has 0 aromatic heterocycles. The van der Waals surface area contributed by atoms with E-state index in [0.29, 0.717) is 11.8 Å². The molecule has 0 aliphatic heterocycles. The van der Waals surface area contributed by atoms with Crippen molar-refractivity contribution in [3.05, 3.63) is 11.6 Å². The van der Waals surface area contributed by atoms with Gasteiger partial charge in [-0.25, -0.2) is 0 Å². The van der Waals surface area contributed by atoms with Gasteiger partial charge in [0.15, 0.2) is 0 Å². The molecule has 0 aromatic carbocycles. The molecule has 1 N–H and O–H groups in total. The van der Waals surface area contributed by atoms with Crippen molar-refractivity contribution in [2.45, 2.75) is 40.0 Å². The minimum Gasteiger partial charge on any atom is -0.481 e. The summed E-state index contributed by atoms with van der Waals surface area (Å²) in [6.07, 6.45) is 4.66. The molecule has 14 heavy (non-hydrogen) atoms. The van der Waals surface area contributed by atoms with Gasteiger partial charge >= 0.3 is 5.97 Å². The van der Waals surface area contributed by atoms with Crippen molar-refractivity contribution in [3.8, 4) is 0 Å². The van der Waals surface area contributed by atoms with Crippen molar-refractivity contribution in [2.75, 3.05) is 0 Å². The van der Waals surface area contributed by atoms with Crippen molar-refractivity contribution in [3.63, 3.8) is 0 Å². The van der Waals surface area contributed by atoms with Crippen LogP contribution >= 0.6 is 0 Å². The number of aliphatic carboxylic acids is 1. The summed E-state index contributed by atoms with van der Waals surface area (Å²) in [6, 6.07) is 0. The lowest BCUT2D eigenvalue weighted by Crippen LogP contribution is -2.19. The Hall–Kier alpha value is -0.790. The van der Waals surface area contributed by atoms with E-state index in [9.17, 15) is 4.79 Å². The quantitative estimate of drug-likeness (QED) is 0.704. The van der Waals surface area contributed by atoms with Crippen LogP contribution in [0.3, 0.4) is 0 Å². The van der Waals surface area contributed by atoms with Crippen molar-refractivity contribution in [1.82, 2.24) is 0 Å². The molecule has 1 aliphatic carbocycles. The fraction of sp³-hybridized carbons (Fsp3) is 0.750. The molecule has 0 spiro atoms. The highest BCUT2D eigenvalue weighted by Crippen LogP contribution is 2.31. The lowest BCUT2D eigenvalue weighted by Gasteiger charge is -2.25. The predicted octanol–water partition coefficient (Wildman–Crippen LogP) is 3.09. The third-order valence-corrected chi connectivity index (χ3v) is 3.38. The maximum Gasteiger partial charge on any atom is 0.306 e. The number of carboxylic acids is 1. The Morgan fingerprint density at radius 2 is 2.14 bits per heavy atom. The first-order valence-electron chi connectivity index (χ1n) is 5.44. The molecule has 0 amide bonds. The Kier molecular flexibility index (Phi) is 3.73. The van der Waals surface area contributed by atoms with Gasteiger partial charge < -0.3 is 5.11 Å². The van der Waals surface area contributed by atoms with E-state index in [1.807, 2.05) is 0 Å². The SMILES string of the molecule is CC(C)[C@H](C)C1=CC[C@@H](C(=O)O)CC1. The molecule has 0 bridgehead atoms. The van der Waals surface area contributed by atoms with Crippen LogP contribution in [0.5, 0.6) is 0 Å². The number of rotatable bonds is 3. The monoisotopic (exact) mass is 196 g/mol. The zero-order valence-corrected chi connectivity index (χ0v) is 9.29. The van der Waals surface area contributed by atoms with Gasteiger partial charge in [0.25, 0.3) is 0 Å². The smallest absolute Gasteiger partial charge is 0.306 e. The molecule has 2 atom stereocenters. The maximum atomic E-state index is 10.7. The highest BCUT2D eigenvalue weighted by atomic mass is 16.4. The molecule has 80 valence electrons. The lowest BCUT2D eigenvalue weighted by molar-refractivity contribution is -0.141. The molecular weight excluding hydrogens is 176 g/mol. The molecule has 0 fully saturated rings. The zero-order valence-electron chi connectivity index (χ0n) is 9.29. The van der Waals surface area contributed by atoms with E-state index in [1.165, 1.54) is 5.57 Å². The summed E-state index contributed by atoms with van der Waals surface area (Å²) in [6.45, 7) is 6.67. The van der Waals surface area contributed by atoms with Crippen LogP contribution in [-0.2, 0) is 4.79 Å². The minimum atomic E-state index is -0.641. The van der Waals surface area contributed by atoms with Gasteiger partial charge in [0.05, 0.1) is 5.92 Å². The lowest BCUT2D eigenvalue weighted by atomic mass is 9.80. The van der Waals surface area contributed by atoms with Crippen LogP contribution < -0.4 is 0 Å². The van der Waals surface area contributed by atoms with Gasteiger partial charge in [-0.05, 0) is 31.1 Å². The molecule has 0 saturated carbocycles. The molecule has 0 heterocycles. The van der Waals surface area contributed by atoms with Gasteiger partial charge in [-0.1, -0.05) is 32.4 Å². The van der Waals surface area contributed by atoms with Crippen molar-refractivity contribution in [1.29, 1.82) is 0 Å². The first kappa shape index (κ1) is 11.3. The van der Waals surface area contributed by atoms with Crippen LogP contribution in [-0.4, -0.2) is 11.1 Å². The Labute approximate surface area is 86.0 Å². The van der Waals surface area contributed by atoms with E-state index in [-0.39, 0.29) is 5.92 Å². The highest BCUT2D eigenvalue weighted by molar-refractivity contribution is 5.70. The number of hydrogen-bond donors (Lipinski definition) is 1. The first-order chi connectivity index (χ1) is 6.52. The topological polar surface area (TPSA) is 37.3 Å². The second-order valence-electron chi connectivity index (χ2n) is 4.62. The molecule has 0 saturated heterocycles. The standard InChI is InChI=1S/C12H20O2/c1-8(2)9(3)10-4-6-11(7-5-10)12(13)14/h4,8-9,11H,5-7H2,1-3H3,(H,13,14)/t9-,11+/m0/s1. The molecule has 0 radical (unpaired) electrons. The van der Waals surface area contributed by atoms with Crippen LogP contribution in [0.1, 0.15) is 40.0 Å². The van der Waals surface area contributed by atoms with E-state index in [2.05, 4.69) is 26.8 Å². The number of carbonyl (C=O) groups is 1. The summed E-state index contributed by atoms with van der Waals surface area (Å²) in [5, 5.41) is 8.84. The second kappa shape index (κ2) is 4.63. The average Bonchev–Trinajstić information content (AvgIpc) is 2.16. The largest absolute Gasteiger partial charge is 0.481 e. The van der Waals surface area contributed by atoms with E-state index in [4.69, 9.17) is 5.11 Å². The molecular formula is C12H20O2. The summed E-state index contributed by atoms with van der Waals surface area (Å²) >= 11 is 0. The first-order valence-corrected chi connectivity index (χ1v) is 5.44. The average molecular weight is 196 g/mol. The maximum absolute atomic E-state index is 10.7. The Morgan fingerprint density at radius 1 is 1.50 bits per heavy atom. The molecule has 1 aliphatic rings. The summed E-state index contributed by atoms with van der Waals surface area (Å²) in [5.74, 6) is 0.475. The summed E-state index contributed by atoms with van der Waals surface area (Å²) in [5.41, 5.74) is 1.46. The van der Waals surface area contributed by atoms with Crippen LogP contribution in [0.15, 0.2) is 11.6 Å². The molecule has 2 heteroatoms. The van der Waals surface area contributed by atoms with Gasteiger partial charge in [0, 0.05) is 0 Å². The predicted molar refractivity (Wildman–Crippen MR) is 57.1 cm³/mol. The Morgan fingerprint density at radius 3 is 2.50 bits per heavy atom.